The molecule has 98 valence electrons. The molecule has 0 saturated heterocycles. The third kappa shape index (κ3) is 3.01. The summed E-state index contributed by atoms with van der Waals surface area (Å²) >= 11 is 1.28. The van der Waals surface area contributed by atoms with Gasteiger partial charge >= 0.3 is 5.97 Å². The SMILES string of the molecule is COc1ccsc1C(=O)N(CC(=O)O)CC1CC1. The molecule has 1 aliphatic rings. The van der Waals surface area contributed by atoms with Crippen LogP contribution in [-0.4, -0.2) is 42.1 Å². The van der Waals surface area contributed by atoms with Gasteiger partial charge in [0, 0.05) is 6.54 Å². The first-order valence-corrected chi connectivity index (χ1v) is 6.62. The summed E-state index contributed by atoms with van der Waals surface area (Å²) in [7, 11) is 1.50. The smallest absolute Gasteiger partial charge is 0.323 e. The third-order valence-electron chi connectivity index (χ3n) is 2.83. The average molecular weight is 269 g/mol. The van der Waals surface area contributed by atoms with Crippen molar-refractivity contribution in [2.45, 2.75) is 12.8 Å². The fourth-order valence-corrected chi connectivity index (χ4v) is 2.58. The molecule has 6 heteroatoms. The summed E-state index contributed by atoms with van der Waals surface area (Å²) in [4.78, 5) is 25.0. The van der Waals surface area contributed by atoms with Crippen LogP contribution in [0, 0.1) is 5.92 Å². The van der Waals surface area contributed by atoms with E-state index in [0.717, 1.165) is 12.8 Å². The molecule has 1 heterocycles. The summed E-state index contributed by atoms with van der Waals surface area (Å²) in [6, 6.07) is 1.72. The standard InChI is InChI=1S/C12H15NO4S/c1-17-9-4-5-18-11(9)12(16)13(7-10(14)15)6-8-2-3-8/h4-5,8H,2-3,6-7H2,1H3,(H,14,15). The number of carboxylic acids is 1. The monoisotopic (exact) mass is 269 g/mol. The summed E-state index contributed by atoms with van der Waals surface area (Å²) in [5.41, 5.74) is 0. The van der Waals surface area contributed by atoms with Gasteiger partial charge in [-0.15, -0.1) is 11.3 Å². The molecule has 0 bridgehead atoms. The largest absolute Gasteiger partial charge is 0.495 e. The van der Waals surface area contributed by atoms with E-state index in [0.29, 0.717) is 23.1 Å². The van der Waals surface area contributed by atoms with Gasteiger partial charge in [-0.3, -0.25) is 9.59 Å². The van der Waals surface area contributed by atoms with Gasteiger partial charge in [0.1, 0.15) is 17.2 Å². The summed E-state index contributed by atoms with van der Waals surface area (Å²) in [6.45, 7) is 0.266. The molecule has 5 nitrogen and oxygen atoms in total. The third-order valence-corrected chi connectivity index (χ3v) is 3.72. The van der Waals surface area contributed by atoms with Crippen molar-refractivity contribution in [3.63, 3.8) is 0 Å². The molecule has 1 N–H and O–H groups in total. The van der Waals surface area contributed by atoms with Crippen LogP contribution in [0.25, 0.3) is 0 Å². The minimum atomic E-state index is -0.987. The highest BCUT2D eigenvalue weighted by Gasteiger charge is 2.30. The molecule has 0 spiro atoms. The van der Waals surface area contributed by atoms with Crippen LogP contribution >= 0.6 is 11.3 Å². The van der Waals surface area contributed by atoms with Crippen LogP contribution in [0.3, 0.4) is 0 Å². The highest BCUT2D eigenvalue weighted by atomic mass is 32.1. The highest BCUT2D eigenvalue weighted by molar-refractivity contribution is 7.12. The molecule has 1 fully saturated rings. The quantitative estimate of drug-likeness (QED) is 0.853. The Balaban J connectivity index is 2.13. The van der Waals surface area contributed by atoms with Crippen LogP contribution in [0.15, 0.2) is 11.4 Å². The van der Waals surface area contributed by atoms with Crippen molar-refractivity contribution < 1.29 is 19.4 Å². The zero-order valence-corrected chi connectivity index (χ0v) is 10.9. The van der Waals surface area contributed by atoms with Crippen molar-refractivity contribution in [3.8, 4) is 5.75 Å². The fraction of sp³-hybridized carbons (Fsp3) is 0.500. The zero-order chi connectivity index (χ0) is 13.1. The van der Waals surface area contributed by atoms with Gasteiger partial charge in [0.25, 0.3) is 5.91 Å². The van der Waals surface area contributed by atoms with Crippen LogP contribution in [-0.2, 0) is 4.79 Å². The summed E-state index contributed by atoms with van der Waals surface area (Å²) in [6.07, 6.45) is 2.15. The molecule has 0 atom stereocenters. The van der Waals surface area contributed by atoms with Crippen molar-refractivity contribution in [1.29, 1.82) is 0 Å². The summed E-state index contributed by atoms with van der Waals surface area (Å²) < 4.78 is 5.10. The number of aliphatic carboxylic acids is 1. The second-order valence-corrected chi connectivity index (χ2v) is 5.26. The van der Waals surface area contributed by atoms with E-state index in [4.69, 9.17) is 9.84 Å². The average Bonchev–Trinajstić information content (AvgIpc) is 3.01. The molecule has 0 aliphatic heterocycles. The number of amides is 1. The predicted octanol–water partition coefficient (Wildman–Crippen LogP) is 1.69. The molecule has 0 unspecified atom stereocenters. The maximum absolute atomic E-state index is 12.3. The molecule has 0 aromatic carbocycles. The molecule has 2 rings (SSSR count). The molecule has 18 heavy (non-hydrogen) atoms. The van der Waals surface area contributed by atoms with Crippen LogP contribution < -0.4 is 4.74 Å². The number of rotatable bonds is 6. The second-order valence-electron chi connectivity index (χ2n) is 4.34. The zero-order valence-electron chi connectivity index (χ0n) is 10.1. The number of nitrogens with zero attached hydrogens (tertiary/aromatic N) is 1. The first-order chi connectivity index (χ1) is 8.61. The highest BCUT2D eigenvalue weighted by Crippen LogP contribution is 2.32. The van der Waals surface area contributed by atoms with Crippen molar-refractivity contribution in [1.82, 2.24) is 4.90 Å². The van der Waals surface area contributed by atoms with Gasteiger partial charge in [-0.25, -0.2) is 0 Å². The van der Waals surface area contributed by atoms with Crippen molar-refractivity contribution in [3.05, 3.63) is 16.3 Å². The topological polar surface area (TPSA) is 66.8 Å². The van der Waals surface area contributed by atoms with Crippen LogP contribution in [0.5, 0.6) is 5.75 Å². The Morgan fingerprint density at radius 2 is 2.28 bits per heavy atom. The first-order valence-electron chi connectivity index (χ1n) is 5.74. The van der Waals surface area contributed by atoms with E-state index in [9.17, 15) is 9.59 Å². The Morgan fingerprint density at radius 1 is 1.56 bits per heavy atom. The molecule has 1 saturated carbocycles. The van der Waals surface area contributed by atoms with E-state index >= 15 is 0 Å². The van der Waals surface area contributed by atoms with E-state index in [1.807, 2.05) is 0 Å². The van der Waals surface area contributed by atoms with Gasteiger partial charge in [0.2, 0.25) is 0 Å². The van der Waals surface area contributed by atoms with Gasteiger partial charge in [-0.05, 0) is 30.2 Å². The number of thiophene rings is 1. The van der Waals surface area contributed by atoms with E-state index < -0.39 is 5.97 Å². The normalized spacial score (nSPS) is 14.3. The number of carbonyl (C=O) groups excluding carboxylic acids is 1. The maximum atomic E-state index is 12.3. The Bertz CT molecular complexity index is 453. The Hall–Kier alpha value is -1.56. The molecule has 1 aromatic heterocycles. The number of hydrogen-bond acceptors (Lipinski definition) is 4. The van der Waals surface area contributed by atoms with Gasteiger partial charge < -0.3 is 14.7 Å². The van der Waals surface area contributed by atoms with E-state index in [-0.39, 0.29) is 12.5 Å². The molecule has 1 aromatic rings. The number of carbonyl (C=O) groups is 2. The summed E-state index contributed by atoms with van der Waals surface area (Å²) in [5.74, 6) is -0.272. The number of carboxylic acid groups (broad SMARTS) is 1. The molecule has 1 aliphatic carbocycles. The number of methoxy groups -OCH3 is 1. The van der Waals surface area contributed by atoms with E-state index in [1.54, 1.807) is 11.4 Å². The minimum Gasteiger partial charge on any atom is -0.495 e. The van der Waals surface area contributed by atoms with Gasteiger partial charge in [0.05, 0.1) is 7.11 Å². The van der Waals surface area contributed by atoms with Crippen LogP contribution in [0.2, 0.25) is 0 Å². The van der Waals surface area contributed by atoms with Crippen molar-refractivity contribution >= 4 is 23.2 Å². The molecule has 0 radical (unpaired) electrons. The van der Waals surface area contributed by atoms with Crippen molar-refractivity contribution in [2.75, 3.05) is 20.2 Å². The van der Waals surface area contributed by atoms with Gasteiger partial charge in [0.15, 0.2) is 0 Å². The van der Waals surface area contributed by atoms with Gasteiger partial charge in [-0.2, -0.15) is 0 Å². The van der Waals surface area contributed by atoms with Crippen molar-refractivity contribution in [2.24, 2.45) is 5.92 Å². The molecular weight excluding hydrogens is 254 g/mol. The first kappa shape index (κ1) is 12.9. The lowest BCUT2D eigenvalue weighted by atomic mass is 10.3. The fourth-order valence-electron chi connectivity index (χ4n) is 1.75. The lowest BCUT2D eigenvalue weighted by Crippen LogP contribution is -2.37. The predicted molar refractivity (Wildman–Crippen MR) is 67.1 cm³/mol. The number of hydrogen-bond donors (Lipinski definition) is 1. The maximum Gasteiger partial charge on any atom is 0.323 e. The van der Waals surface area contributed by atoms with Gasteiger partial charge in [-0.1, -0.05) is 0 Å². The number of ether oxygens (including phenoxy) is 1. The summed E-state index contributed by atoms with van der Waals surface area (Å²) in [5, 5.41) is 10.6. The van der Waals surface area contributed by atoms with E-state index in [1.165, 1.54) is 23.3 Å². The molecular formula is C12H15NO4S. The molecule has 1 amide bonds. The lowest BCUT2D eigenvalue weighted by Gasteiger charge is -2.20. The van der Waals surface area contributed by atoms with Crippen LogP contribution in [0.4, 0.5) is 0 Å². The minimum absolute atomic E-state index is 0.254. The Morgan fingerprint density at radius 3 is 2.83 bits per heavy atom. The van der Waals surface area contributed by atoms with Crippen LogP contribution in [0.1, 0.15) is 22.5 Å². The second kappa shape index (κ2) is 5.39. The van der Waals surface area contributed by atoms with E-state index in [2.05, 4.69) is 0 Å². The Labute approximate surface area is 109 Å². The lowest BCUT2D eigenvalue weighted by molar-refractivity contribution is -0.137. The Kier molecular flexibility index (Phi) is 3.86.